The van der Waals surface area contributed by atoms with Crippen molar-refractivity contribution in [2.45, 2.75) is 6.42 Å². The van der Waals surface area contributed by atoms with E-state index in [1.165, 1.54) is 13.4 Å². The molecule has 19 heavy (non-hydrogen) atoms. The number of methoxy groups -OCH3 is 1. The molecule has 0 amide bonds. The Labute approximate surface area is 108 Å². The Balaban J connectivity index is 2.09. The molecule has 0 aliphatic rings. The number of hydrogen-bond donors (Lipinski definition) is 2. The number of nitrogens with zero attached hydrogens (tertiary/aromatic N) is 4. The van der Waals surface area contributed by atoms with Gasteiger partial charge in [0.15, 0.2) is 0 Å². The predicted octanol–water partition coefficient (Wildman–Crippen LogP) is 0.771. The van der Waals surface area contributed by atoms with Gasteiger partial charge in [-0.05, 0) is 0 Å². The van der Waals surface area contributed by atoms with Gasteiger partial charge in [0.1, 0.15) is 12.2 Å². The summed E-state index contributed by atoms with van der Waals surface area (Å²) in [5.74, 6) is 0.847. The standard InChI is InChI=1S/C10H12N6O3/c1-19-10-8(16(17)18)9(14-6-15-10)13-3-2-7-11-4-5-12-7/h4-6H,2-3H2,1H3,(H,11,12)(H,13,14,15). The molecule has 9 nitrogen and oxygen atoms in total. The smallest absolute Gasteiger partial charge is 0.372 e. The molecule has 100 valence electrons. The number of hydrogen-bond acceptors (Lipinski definition) is 7. The quantitative estimate of drug-likeness (QED) is 0.584. The van der Waals surface area contributed by atoms with E-state index in [-0.39, 0.29) is 17.4 Å². The highest BCUT2D eigenvalue weighted by atomic mass is 16.6. The van der Waals surface area contributed by atoms with Crippen molar-refractivity contribution in [1.82, 2.24) is 19.9 Å². The van der Waals surface area contributed by atoms with Gasteiger partial charge in [-0.2, -0.15) is 4.98 Å². The highest BCUT2D eigenvalue weighted by Crippen LogP contribution is 2.30. The van der Waals surface area contributed by atoms with Crippen LogP contribution in [0.5, 0.6) is 5.88 Å². The molecule has 9 heteroatoms. The maximum absolute atomic E-state index is 11.0. The summed E-state index contributed by atoms with van der Waals surface area (Å²) in [6.07, 6.45) is 5.16. The summed E-state index contributed by atoms with van der Waals surface area (Å²) >= 11 is 0. The molecule has 0 bridgehead atoms. The zero-order valence-corrected chi connectivity index (χ0v) is 10.2. The third-order valence-electron chi connectivity index (χ3n) is 2.37. The number of rotatable bonds is 6. The molecule has 0 atom stereocenters. The van der Waals surface area contributed by atoms with E-state index in [1.54, 1.807) is 12.4 Å². The lowest BCUT2D eigenvalue weighted by atomic mass is 10.4. The Morgan fingerprint density at radius 3 is 2.95 bits per heavy atom. The van der Waals surface area contributed by atoms with Crippen molar-refractivity contribution in [3.63, 3.8) is 0 Å². The first-order chi connectivity index (χ1) is 9.22. The molecule has 0 aliphatic heterocycles. The Kier molecular flexibility index (Phi) is 3.86. The van der Waals surface area contributed by atoms with Crippen molar-refractivity contribution in [2.24, 2.45) is 0 Å². The van der Waals surface area contributed by atoms with Crippen molar-refractivity contribution < 1.29 is 9.66 Å². The van der Waals surface area contributed by atoms with Crippen LogP contribution in [0.1, 0.15) is 5.82 Å². The van der Waals surface area contributed by atoms with E-state index in [9.17, 15) is 10.1 Å². The number of H-pyrrole nitrogens is 1. The lowest BCUT2D eigenvalue weighted by Crippen LogP contribution is -2.10. The van der Waals surface area contributed by atoms with E-state index in [0.717, 1.165) is 5.82 Å². The second-order valence-electron chi connectivity index (χ2n) is 3.55. The molecule has 0 fully saturated rings. The number of nitro groups is 1. The van der Waals surface area contributed by atoms with Gasteiger partial charge in [-0.3, -0.25) is 10.1 Å². The molecular formula is C10H12N6O3. The van der Waals surface area contributed by atoms with E-state index in [4.69, 9.17) is 4.74 Å². The molecule has 2 rings (SSSR count). The van der Waals surface area contributed by atoms with E-state index in [1.807, 2.05) is 0 Å². The third-order valence-corrected chi connectivity index (χ3v) is 2.37. The fraction of sp³-hybridized carbons (Fsp3) is 0.300. The normalized spacial score (nSPS) is 10.2. The molecule has 2 aromatic heterocycles. The van der Waals surface area contributed by atoms with Crippen LogP contribution in [0.2, 0.25) is 0 Å². The Morgan fingerprint density at radius 2 is 2.32 bits per heavy atom. The van der Waals surface area contributed by atoms with Crippen molar-refractivity contribution in [1.29, 1.82) is 0 Å². The summed E-state index contributed by atoms with van der Waals surface area (Å²) in [5, 5.41) is 13.9. The summed E-state index contributed by atoms with van der Waals surface area (Å²) < 4.78 is 4.85. The number of aromatic amines is 1. The van der Waals surface area contributed by atoms with Gasteiger partial charge in [-0.1, -0.05) is 0 Å². The molecule has 0 radical (unpaired) electrons. The van der Waals surface area contributed by atoms with Crippen LogP contribution in [-0.4, -0.2) is 38.5 Å². The fourth-order valence-corrected chi connectivity index (χ4v) is 1.54. The molecule has 0 saturated heterocycles. The fourth-order valence-electron chi connectivity index (χ4n) is 1.54. The van der Waals surface area contributed by atoms with Crippen molar-refractivity contribution in [3.8, 4) is 5.88 Å². The van der Waals surface area contributed by atoms with E-state index in [0.29, 0.717) is 13.0 Å². The van der Waals surface area contributed by atoms with Crippen LogP contribution < -0.4 is 10.1 Å². The molecule has 0 aromatic carbocycles. The van der Waals surface area contributed by atoms with Crippen molar-refractivity contribution in [2.75, 3.05) is 19.0 Å². The van der Waals surface area contributed by atoms with E-state index in [2.05, 4.69) is 25.3 Å². The van der Waals surface area contributed by atoms with Crippen molar-refractivity contribution in [3.05, 3.63) is 34.7 Å². The summed E-state index contributed by atoms with van der Waals surface area (Å²) in [5.41, 5.74) is -0.274. The molecular weight excluding hydrogens is 252 g/mol. The number of ether oxygens (including phenoxy) is 1. The summed E-state index contributed by atoms with van der Waals surface area (Å²) in [4.78, 5) is 25.0. The lowest BCUT2D eigenvalue weighted by molar-refractivity contribution is -0.385. The first-order valence-electron chi connectivity index (χ1n) is 5.48. The monoisotopic (exact) mass is 264 g/mol. The van der Waals surface area contributed by atoms with Gasteiger partial charge in [0.2, 0.25) is 5.82 Å². The van der Waals surface area contributed by atoms with Gasteiger partial charge >= 0.3 is 5.69 Å². The maximum atomic E-state index is 11.0. The Bertz CT molecular complexity index is 556. The summed E-state index contributed by atoms with van der Waals surface area (Å²) in [6, 6.07) is 0. The van der Waals surface area contributed by atoms with Crippen LogP contribution in [0, 0.1) is 10.1 Å². The van der Waals surface area contributed by atoms with Gasteiger partial charge in [0.05, 0.1) is 12.0 Å². The van der Waals surface area contributed by atoms with E-state index < -0.39 is 4.92 Å². The second kappa shape index (κ2) is 5.76. The minimum Gasteiger partial charge on any atom is -0.476 e. The topological polar surface area (TPSA) is 119 Å². The highest BCUT2D eigenvalue weighted by Gasteiger charge is 2.23. The van der Waals surface area contributed by atoms with Crippen LogP contribution in [0.15, 0.2) is 18.7 Å². The average Bonchev–Trinajstić information content (AvgIpc) is 2.91. The Morgan fingerprint density at radius 1 is 1.47 bits per heavy atom. The zero-order chi connectivity index (χ0) is 13.7. The van der Waals surface area contributed by atoms with Gasteiger partial charge in [0, 0.05) is 25.4 Å². The third kappa shape index (κ3) is 2.94. The van der Waals surface area contributed by atoms with Crippen LogP contribution in [0.3, 0.4) is 0 Å². The number of aromatic nitrogens is 4. The molecule has 2 aromatic rings. The first-order valence-corrected chi connectivity index (χ1v) is 5.48. The van der Waals surface area contributed by atoms with Crippen LogP contribution in [0.4, 0.5) is 11.5 Å². The first kappa shape index (κ1) is 12.7. The minimum atomic E-state index is -0.575. The highest BCUT2D eigenvalue weighted by molar-refractivity contribution is 5.61. The molecule has 2 heterocycles. The number of anilines is 1. The molecule has 2 N–H and O–H groups in total. The van der Waals surface area contributed by atoms with Crippen LogP contribution in [0.25, 0.3) is 0 Å². The molecule has 0 unspecified atom stereocenters. The molecule has 0 spiro atoms. The maximum Gasteiger partial charge on any atom is 0.372 e. The van der Waals surface area contributed by atoms with Gasteiger partial charge in [-0.15, -0.1) is 0 Å². The minimum absolute atomic E-state index is 0.0690. The van der Waals surface area contributed by atoms with Gasteiger partial charge < -0.3 is 15.0 Å². The van der Waals surface area contributed by atoms with Gasteiger partial charge in [0.25, 0.3) is 5.88 Å². The lowest BCUT2D eigenvalue weighted by Gasteiger charge is -2.06. The SMILES string of the molecule is COc1ncnc(NCCc2ncc[nH]2)c1[N+](=O)[O-]. The largest absolute Gasteiger partial charge is 0.476 e. The van der Waals surface area contributed by atoms with Gasteiger partial charge in [-0.25, -0.2) is 9.97 Å². The summed E-state index contributed by atoms with van der Waals surface area (Å²) in [6.45, 7) is 0.453. The van der Waals surface area contributed by atoms with Crippen molar-refractivity contribution >= 4 is 11.5 Å². The van der Waals surface area contributed by atoms with Crippen LogP contribution in [-0.2, 0) is 6.42 Å². The van der Waals surface area contributed by atoms with Crippen LogP contribution >= 0.6 is 0 Å². The molecule has 0 aliphatic carbocycles. The van der Waals surface area contributed by atoms with E-state index >= 15 is 0 Å². The average molecular weight is 264 g/mol. The second-order valence-corrected chi connectivity index (χ2v) is 3.55. The Hall–Kier alpha value is -2.71. The summed E-state index contributed by atoms with van der Waals surface area (Å²) in [7, 11) is 1.32. The number of imidazole rings is 1. The predicted molar refractivity (Wildman–Crippen MR) is 66.0 cm³/mol. The molecule has 0 saturated carbocycles. The number of nitrogens with one attached hydrogen (secondary N) is 2. The zero-order valence-electron chi connectivity index (χ0n) is 10.2.